The second kappa shape index (κ2) is 12.3. The maximum absolute atomic E-state index is 12.3. The molecule has 1 heterocycles. The molecule has 34 heavy (non-hydrogen) atoms. The molecule has 1 amide bonds. The maximum Gasteiger partial charge on any atom is 0.305 e. The lowest BCUT2D eigenvalue weighted by molar-refractivity contribution is -0.136. The predicted octanol–water partition coefficient (Wildman–Crippen LogP) is 5.92. The largest absolute Gasteiger partial charge is 0.493 e. The van der Waals surface area contributed by atoms with Crippen LogP contribution in [0.15, 0.2) is 40.8 Å². The van der Waals surface area contributed by atoms with Gasteiger partial charge in [0.2, 0.25) is 0 Å². The van der Waals surface area contributed by atoms with E-state index in [0.717, 1.165) is 47.8 Å². The lowest BCUT2D eigenvalue weighted by Crippen LogP contribution is -2.26. The van der Waals surface area contributed by atoms with E-state index in [0.29, 0.717) is 11.5 Å². The Morgan fingerprint density at radius 1 is 1.21 bits per heavy atom. The number of carboxylic acids is 1. The molecule has 1 aliphatic carbocycles. The van der Waals surface area contributed by atoms with Crippen LogP contribution >= 0.6 is 0 Å². The Bertz CT molecular complexity index is 987. The standard InChI is InChI=1S/C27H36N2O5/c1-4-8-22(33-3)26-18(2)17-23(34-26)25(19-9-6-5-7-10-19)29-21-13-11-20(12-14-21)27(32)28-16-15-24(30)31/h8,11-14,17,19,25,29H,4-7,9-10,15-16H2,1-3H3,(H,28,32)(H,30,31)/b22-8+. The highest BCUT2D eigenvalue weighted by molar-refractivity contribution is 5.94. The highest BCUT2D eigenvalue weighted by atomic mass is 16.5. The Morgan fingerprint density at radius 3 is 2.53 bits per heavy atom. The lowest BCUT2D eigenvalue weighted by Gasteiger charge is -2.30. The number of methoxy groups -OCH3 is 1. The first-order chi connectivity index (χ1) is 16.4. The number of furan rings is 1. The first-order valence-electron chi connectivity index (χ1n) is 12.1. The van der Waals surface area contributed by atoms with Crippen molar-refractivity contribution in [1.29, 1.82) is 0 Å². The zero-order valence-corrected chi connectivity index (χ0v) is 20.4. The summed E-state index contributed by atoms with van der Waals surface area (Å²) in [5, 5.41) is 15.0. The lowest BCUT2D eigenvalue weighted by atomic mass is 9.82. The fourth-order valence-corrected chi connectivity index (χ4v) is 4.53. The number of carbonyl (C=O) groups is 2. The Balaban J connectivity index is 1.79. The van der Waals surface area contributed by atoms with Gasteiger partial charge in [0.05, 0.1) is 19.6 Å². The van der Waals surface area contributed by atoms with Crippen molar-refractivity contribution in [2.24, 2.45) is 5.92 Å². The van der Waals surface area contributed by atoms with Gasteiger partial charge in [-0.05, 0) is 74.1 Å². The smallest absolute Gasteiger partial charge is 0.305 e. The van der Waals surface area contributed by atoms with Crippen LogP contribution in [0.25, 0.3) is 5.76 Å². The molecular formula is C27H36N2O5. The van der Waals surface area contributed by atoms with Gasteiger partial charge >= 0.3 is 5.97 Å². The Hall–Kier alpha value is -3.22. The van der Waals surface area contributed by atoms with Gasteiger partial charge < -0.3 is 24.9 Å². The van der Waals surface area contributed by atoms with Gasteiger partial charge in [0.1, 0.15) is 5.76 Å². The average Bonchev–Trinajstić information content (AvgIpc) is 3.22. The van der Waals surface area contributed by atoms with Gasteiger partial charge in [-0.1, -0.05) is 26.2 Å². The van der Waals surface area contributed by atoms with Crippen molar-refractivity contribution < 1.29 is 23.8 Å². The van der Waals surface area contributed by atoms with Crippen molar-refractivity contribution in [1.82, 2.24) is 5.32 Å². The van der Waals surface area contributed by atoms with Crippen LogP contribution < -0.4 is 10.6 Å². The number of hydrogen-bond acceptors (Lipinski definition) is 5. The Labute approximate surface area is 201 Å². The van der Waals surface area contributed by atoms with Crippen molar-refractivity contribution >= 4 is 23.3 Å². The first-order valence-corrected chi connectivity index (χ1v) is 12.1. The molecule has 2 aromatic rings. The quantitative estimate of drug-likeness (QED) is 0.354. The summed E-state index contributed by atoms with van der Waals surface area (Å²) in [4.78, 5) is 22.9. The molecule has 1 fully saturated rings. The van der Waals surface area contributed by atoms with E-state index in [2.05, 4.69) is 23.6 Å². The van der Waals surface area contributed by atoms with Gasteiger partial charge in [0.25, 0.3) is 5.91 Å². The number of allylic oxidation sites excluding steroid dienone is 1. The fraction of sp³-hybridized carbons (Fsp3) is 0.481. The molecule has 0 saturated heterocycles. The Kier molecular flexibility index (Phi) is 9.19. The van der Waals surface area contributed by atoms with E-state index in [1.165, 1.54) is 19.3 Å². The molecule has 1 aromatic carbocycles. The van der Waals surface area contributed by atoms with Gasteiger partial charge in [-0.3, -0.25) is 9.59 Å². The molecule has 1 saturated carbocycles. The SMILES string of the molecule is CC/C=C(/OC)c1oc(C(Nc2ccc(C(=O)NCCC(=O)O)cc2)C2CCCCC2)cc1C. The predicted molar refractivity (Wildman–Crippen MR) is 133 cm³/mol. The number of aliphatic carboxylic acids is 1. The number of amides is 1. The minimum atomic E-state index is -0.937. The molecule has 1 unspecified atom stereocenters. The molecule has 0 radical (unpaired) electrons. The summed E-state index contributed by atoms with van der Waals surface area (Å²) in [5.41, 5.74) is 2.45. The number of ether oxygens (including phenoxy) is 1. The molecule has 0 bridgehead atoms. The number of aryl methyl sites for hydroxylation is 1. The van der Waals surface area contributed by atoms with Crippen LogP contribution in [-0.4, -0.2) is 30.6 Å². The summed E-state index contributed by atoms with van der Waals surface area (Å²) in [5.74, 6) is 1.66. The van der Waals surface area contributed by atoms with Crippen molar-refractivity contribution in [2.45, 2.75) is 64.8 Å². The highest BCUT2D eigenvalue weighted by Gasteiger charge is 2.29. The van der Waals surface area contributed by atoms with E-state index in [4.69, 9.17) is 14.3 Å². The number of hydrogen-bond donors (Lipinski definition) is 3. The summed E-state index contributed by atoms with van der Waals surface area (Å²) in [6.07, 6.45) is 8.75. The van der Waals surface area contributed by atoms with Gasteiger partial charge in [-0.2, -0.15) is 0 Å². The molecule has 0 aliphatic heterocycles. The summed E-state index contributed by atoms with van der Waals surface area (Å²) in [7, 11) is 1.67. The molecule has 3 rings (SSSR count). The molecule has 1 aliphatic rings. The van der Waals surface area contributed by atoms with Crippen LogP contribution in [0.1, 0.15) is 85.4 Å². The van der Waals surface area contributed by atoms with Gasteiger partial charge in [-0.15, -0.1) is 0 Å². The molecular weight excluding hydrogens is 432 g/mol. The summed E-state index contributed by atoms with van der Waals surface area (Å²) in [6, 6.07) is 9.40. The van der Waals surface area contributed by atoms with Crippen molar-refractivity contribution in [2.75, 3.05) is 19.0 Å². The first kappa shape index (κ1) is 25.4. The summed E-state index contributed by atoms with van der Waals surface area (Å²) in [6.45, 7) is 4.22. The number of nitrogens with one attached hydrogen (secondary N) is 2. The number of anilines is 1. The normalized spacial score (nSPS) is 15.6. The fourth-order valence-electron chi connectivity index (χ4n) is 4.53. The third kappa shape index (κ3) is 6.65. The topological polar surface area (TPSA) is 101 Å². The van der Waals surface area contributed by atoms with Crippen LogP contribution in [0.2, 0.25) is 0 Å². The third-order valence-corrected chi connectivity index (χ3v) is 6.29. The van der Waals surface area contributed by atoms with Crippen LogP contribution in [0.4, 0.5) is 5.69 Å². The van der Waals surface area contributed by atoms with Crippen molar-refractivity contribution in [3.05, 3.63) is 59.1 Å². The second-order valence-electron chi connectivity index (χ2n) is 8.84. The molecule has 7 heteroatoms. The van der Waals surface area contributed by atoms with E-state index in [1.54, 1.807) is 19.2 Å². The van der Waals surface area contributed by atoms with Crippen LogP contribution in [0.3, 0.4) is 0 Å². The van der Waals surface area contributed by atoms with Gasteiger partial charge in [0.15, 0.2) is 11.5 Å². The van der Waals surface area contributed by atoms with E-state index in [-0.39, 0.29) is 24.9 Å². The molecule has 7 nitrogen and oxygen atoms in total. The minimum Gasteiger partial charge on any atom is -0.493 e. The van der Waals surface area contributed by atoms with E-state index in [9.17, 15) is 9.59 Å². The average molecular weight is 469 g/mol. The Morgan fingerprint density at radius 2 is 1.91 bits per heavy atom. The highest BCUT2D eigenvalue weighted by Crippen LogP contribution is 2.39. The molecule has 184 valence electrons. The number of benzene rings is 1. The van der Waals surface area contributed by atoms with Gasteiger partial charge in [-0.25, -0.2) is 0 Å². The summed E-state index contributed by atoms with van der Waals surface area (Å²) < 4.78 is 11.9. The number of carbonyl (C=O) groups excluding carboxylic acids is 1. The number of rotatable bonds is 11. The van der Waals surface area contributed by atoms with E-state index in [1.807, 2.05) is 25.1 Å². The molecule has 1 aromatic heterocycles. The zero-order chi connectivity index (χ0) is 24.5. The van der Waals surface area contributed by atoms with Crippen molar-refractivity contribution in [3.8, 4) is 0 Å². The number of carboxylic acid groups (broad SMARTS) is 1. The monoisotopic (exact) mass is 468 g/mol. The van der Waals surface area contributed by atoms with Crippen LogP contribution in [-0.2, 0) is 9.53 Å². The van der Waals surface area contributed by atoms with E-state index < -0.39 is 5.97 Å². The van der Waals surface area contributed by atoms with Crippen LogP contribution in [0.5, 0.6) is 0 Å². The zero-order valence-electron chi connectivity index (χ0n) is 20.4. The van der Waals surface area contributed by atoms with Crippen molar-refractivity contribution in [3.63, 3.8) is 0 Å². The van der Waals surface area contributed by atoms with Gasteiger partial charge in [0, 0.05) is 17.8 Å². The van der Waals surface area contributed by atoms with E-state index >= 15 is 0 Å². The second-order valence-corrected chi connectivity index (χ2v) is 8.84. The molecule has 0 spiro atoms. The molecule has 3 N–H and O–H groups in total. The molecule has 1 atom stereocenters. The third-order valence-electron chi connectivity index (χ3n) is 6.29. The summed E-state index contributed by atoms with van der Waals surface area (Å²) >= 11 is 0. The maximum atomic E-state index is 12.3. The van der Waals surface area contributed by atoms with Crippen LogP contribution in [0, 0.1) is 12.8 Å². The minimum absolute atomic E-state index is 0.0164.